The Morgan fingerprint density at radius 2 is 1.43 bits per heavy atom. The van der Waals surface area contributed by atoms with Gasteiger partial charge in [-0.1, -0.05) is 64.5 Å². The van der Waals surface area contributed by atoms with Gasteiger partial charge in [-0.2, -0.15) is 0 Å². The molecular formula is C27H22BrNO. The normalized spacial score (nSPS) is 12.0. The van der Waals surface area contributed by atoms with Crippen molar-refractivity contribution in [1.29, 1.82) is 0 Å². The predicted molar refractivity (Wildman–Crippen MR) is 129 cm³/mol. The largest absolute Gasteiger partial charge is 0.386 e. The molecule has 0 saturated carbocycles. The van der Waals surface area contributed by atoms with Crippen molar-refractivity contribution in [3.8, 4) is 16.8 Å². The van der Waals surface area contributed by atoms with Crippen LogP contribution in [0.5, 0.6) is 0 Å². The van der Waals surface area contributed by atoms with Gasteiger partial charge in [0, 0.05) is 20.9 Å². The lowest BCUT2D eigenvalue weighted by atomic mass is 9.89. The first-order valence-electron chi connectivity index (χ1n) is 10.0. The summed E-state index contributed by atoms with van der Waals surface area (Å²) >= 11 is 3.55. The zero-order valence-corrected chi connectivity index (χ0v) is 18.5. The summed E-state index contributed by atoms with van der Waals surface area (Å²) in [5, 5.41) is 13.2. The molecule has 4 aromatic carbocycles. The maximum atomic E-state index is 10.8. The molecule has 5 rings (SSSR count). The van der Waals surface area contributed by atoms with Crippen LogP contribution >= 0.6 is 15.9 Å². The molecule has 0 atom stereocenters. The number of fused-ring (bicyclic) bond motifs is 3. The van der Waals surface area contributed by atoms with Crippen molar-refractivity contribution in [2.45, 2.75) is 19.4 Å². The third-order valence-corrected chi connectivity index (χ3v) is 6.13. The summed E-state index contributed by atoms with van der Waals surface area (Å²) in [5.41, 5.74) is 5.63. The molecule has 0 aliphatic rings. The number of aliphatic hydroxyl groups is 1. The van der Waals surface area contributed by atoms with Crippen molar-refractivity contribution in [1.82, 2.24) is 4.57 Å². The number of nitrogens with zero attached hydrogens (tertiary/aromatic N) is 1. The lowest BCUT2D eigenvalue weighted by Crippen LogP contribution is -2.16. The van der Waals surface area contributed by atoms with Gasteiger partial charge in [-0.15, -0.1) is 0 Å². The van der Waals surface area contributed by atoms with Gasteiger partial charge >= 0.3 is 0 Å². The first-order chi connectivity index (χ1) is 14.4. The first kappa shape index (κ1) is 19.1. The number of hydrogen-bond donors (Lipinski definition) is 1. The highest BCUT2D eigenvalue weighted by Gasteiger charge is 2.22. The summed E-state index contributed by atoms with van der Waals surface area (Å²) in [4.78, 5) is 0. The second-order valence-electron chi connectivity index (χ2n) is 8.17. The van der Waals surface area contributed by atoms with E-state index in [4.69, 9.17) is 0 Å². The maximum absolute atomic E-state index is 10.8. The standard InChI is InChI=1S/C27H22BrNO/c1-27(2,30)24-17-19(28)13-14-21(24)18-12-15-26-23(16-18)22-10-6-7-11-25(22)29(26)20-8-4-3-5-9-20/h3-17,30H,1-2H3. The van der Waals surface area contributed by atoms with Crippen molar-refractivity contribution < 1.29 is 5.11 Å². The van der Waals surface area contributed by atoms with Gasteiger partial charge in [0.15, 0.2) is 0 Å². The molecule has 0 radical (unpaired) electrons. The number of benzene rings is 4. The van der Waals surface area contributed by atoms with Crippen LogP contribution in [-0.4, -0.2) is 9.67 Å². The molecule has 0 unspecified atom stereocenters. The van der Waals surface area contributed by atoms with E-state index >= 15 is 0 Å². The van der Waals surface area contributed by atoms with Gasteiger partial charge in [0.2, 0.25) is 0 Å². The van der Waals surface area contributed by atoms with Gasteiger partial charge < -0.3 is 9.67 Å². The minimum absolute atomic E-state index is 0.906. The summed E-state index contributed by atoms with van der Waals surface area (Å²) in [6.07, 6.45) is 0. The van der Waals surface area contributed by atoms with E-state index in [1.54, 1.807) is 0 Å². The molecule has 3 heteroatoms. The minimum Gasteiger partial charge on any atom is -0.386 e. The summed E-state index contributed by atoms with van der Waals surface area (Å²) < 4.78 is 3.28. The third-order valence-electron chi connectivity index (χ3n) is 5.64. The molecule has 0 saturated heterocycles. The van der Waals surface area contributed by atoms with Crippen LogP contribution in [0.3, 0.4) is 0 Å². The van der Waals surface area contributed by atoms with E-state index in [-0.39, 0.29) is 0 Å². The van der Waals surface area contributed by atoms with Gasteiger partial charge in [-0.3, -0.25) is 0 Å². The summed E-state index contributed by atoms with van der Waals surface area (Å²) in [6, 6.07) is 31.7. The molecular weight excluding hydrogens is 434 g/mol. The van der Waals surface area contributed by atoms with Gasteiger partial charge in [0.1, 0.15) is 0 Å². The quantitative estimate of drug-likeness (QED) is 0.300. The lowest BCUT2D eigenvalue weighted by molar-refractivity contribution is 0.0791. The van der Waals surface area contributed by atoms with Crippen molar-refractivity contribution in [3.63, 3.8) is 0 Å². The highest BCUT2D eigenvalue weighted by Crippen LogP contribution is 2.38. The average Bonchev–Trinajstić information content (AvgIpc) is 3.07. The molecule has 0 spiro atoms. The number of rotatable bonds is 3. The van der Waals surface area contributed by atoms with Crippen LogP contribution in [0.4, 0.5) is 0 Å². The first-order valence-corrected chi connectivity index (χ1v) is 10.8. The van der Waals surface area contributed by atoms with Crippen LogP contribution < -0.4 is 0 Å². The molecule has 30 heavy (non-hydrogen) atoms. The van der Waals surface area contributed by atoms with E-state index in [2.05, 4.69) is 93.3 Å². The third kappa shape index (κ3) is 3.15. The molecule has 148 valence electrons. The minimum atomic E-state index is -0.938. The molecule has 0 bridgehead atoms. The van der Waals surface area contributed by atoms with Crippen molar-refractivity contribution in [3.05, 3.63) is 101 Å². The van der Waals surface area contributed by atoms with Crippen LogP contribution in [0.1, 0.15) is 19.4 Å². The van der Waals surface area contributed by atoms with Crippen molar-refractivity contribution in [2.75, 3.05) is 0 Å². The molecule has 1 heterocycles. The highest BCUT2D eigenvalue weighted by atomic mass is 79.9. The lowest BCUT2D eigenvalue weighted by Gasteiger charge is -2.22. The predicted octanol–water partition coefficient (Wildman–Crippen LogP) is 7.44. The fourth-order valence-electron chi connectivity index (χ4n) is 4.27. The number of aromatic nitrogens is 1. The Balaban J connectivity index is 1.81. The van der Waals surface area contributed by atoms with Crippen LogP contribution in [-0.2, 0) is 5.60 Å². The zero-order chi connectivity index (χ0) is 20.9. The van der Waals surface area contributed by atoms with Gasteiger partial charge in [0.05, 0.1) is 16.6 Å². The number of hydrogen-bond acceptors (Lipinski definition) is 1. The van der Waals surface area contributed by atoms with E-state index in [9.17, 15) is 5.11 Å². The zero-order valence-electron chi connectivity index (χ0n) is 16.9. The molecule has 0 fully saturated rings. The SMILES string of the molecule is CC(C)(O)c1cc(Br)ccc1-c1ccc2c(c1)c1ccccc1n2-c1ccccc1. The van der Waals surface area contributed by atoms with Gasteiger partial charge in [-0.05, 0) is 73.0 Å². The van der Waals surface area contributed by atoms with Gasteiger partial charge in [-0.25, -0.2) is 0 Å². The molecule has 1 N–H and O–H groups in total. The molecule has 0 aliphatic heterocycles. The molecule has 0 amide bonds. The van der Waals surface area contributed by atoms with E-state index in [1.165, 1.54) is 21.8 Å². The van der Waals surface area contributed by atoms with Crippen LogP contribution in [0.25, 0.3) is 38.6 Å². The fourth-order valence-corrected chi connectivity index (χ4v) is 4.63. The summed E-state index contributed by atoms with van der Waals surface area (Å²) in [6.45, 7) is 3.66. The van der Waals surface area contributed by atoms with E-state index in [1.807, 2.05) is 32.0 Å². The Morgan fingerprint density at radius 1 is 0.733 bits per heavy atom. The van der Waals surface area contributed by atoms with E-state index < -0.39 is 5.60 Å². The fraction of sp³-hybridized carbons (Fsp3) is 0.111. The molecule has 5 aromatic rings. The number of halogens is 1. The Hall–Kier alpha value is -2.88. The monoisotopic (exact) mass is 455 g/mol. The Bertz CT molecular complexity index is 1380. The van der Waals surface area contributed by atoms with Crippen molar-refractivity contribution >= 4 is 37.7 Å². The Labute approximate surface area is 184 Å². The highest BCUT2D eigenvalue weighted by molar-refractivity contribution is 9.10. The second kappa shape index (κ2) is 7.12. The van der Waals surface area contributed by atoms with Crippen molar-refractivity contribution in [2.24, 2.45) is 0 Å². The van der Waals surface area contributed by atoms with E-state index in [0.717, 1.165) is 26.9 Å². The average molecular weight is 456 g/mol. The second-order valence-corrected chi connectivity index (χ2v) is 9.08. The van der Waals surface area contributed by atoms with Gasteiger partial charge in [0.25, 0.3) is 0 Å². The molecule has 2 nitrogen and oxygen atoms in total. The smallest absolute Gasteiger partial charge is 0.0846 e. The molecule has 1 aromatic heterocycles. The Morgan fingerprint density at radius 3 is 2.20 bits per heavy atom. The van der Waals surface area contributed by atoms with Crippen LogP contribution in [0, 0.1) is 0 Å². The topological polar surface area (TPSA) is 25.2 Å². The Kier molecular flexibility index (Phi) is 4.53. The summed E-state index contributed by atoms with van der Waals surface area (Å²) in [7, 11) is 0. The van der Waals surface area contributed by atoms with Crippen LogP contribution in [0.2, 0.25) is 0 Å². The summed E-state index contributed by atoms with van der Waals surface area (Å²) in [5.74, 6) is 0. The maximum Gasteiger partial charge on any atom is 0.0846 e. The molecule has 0 aliphatic carbocycles. The number of para-hydroxylation sites is 2. The van der Waals surface area contributed by atoms with Crippen LogP contribution in [0.15, 0.2) is 95.5 Å². The van der Waals surface area contributed by atoms with E-state index in [0.29, 0.717) is 0 Å².